The molecule has 1 heterocycles. The third-order valence-electron chi connectivity index (χ3n) is 1.98. The van der Waals surface area contributed by atoms with Crippen LogP contribution in [0.15, 0.2) is 35.4 Å². The topological polar surface area (TPSA) is 90.3 Å². The van der Waals surface area contributed by atoms with Gasteiger partial charge in [-0.25, -0.2) is 8.42 Å². The molecule has 0 atom stereocenters. The largest absolute Gasteiger partial charge is 1.00 e. The second-order valence-corrected chi connectivity index (χ2v) is 4.28. The molecule has 1 aromatic heterocycles. The first-order valence-electron chi connectivity index (χ1n) is 4.03. The monoisotopic (exact) mass is 263 g/mol. The van der Waals surface area contributed by atoms with Crippen molar-refractivity contribution >= 4 is 21.0 Å². The standard InChI is InChI=1S/C9H7NO4S.K/c11-7-3-4-8(15(12,13)14)9-6(7)2-1-5-10-9;/h1-5,11H,(H,12,13,14);/q;+1/p-1. The summed E-state index contributed by atoms with van der Waals surface area (Å²) in [6, 6.07) is 5.25. The first-order chi connectivity index (χ1) is 7.00. The third kappa shape index (κ3) is 2.62. The van der Waals surface area contributed by atoms with Gasteiger partial charge in [-0.15, -0.1) is 0 Å². The minimum atomic E-state index is -4.57. The molecule has 78 valence electrons. The molecule has 7 heteroatoms. The van der Waals surface area contributed by atoms with Crippen LogP contribution in [0.2, 0.25) is 0 Å². The second kappa shape index (κ2) is 5.09. The maximum atomic E-state index is 10.9. The molecule has 1 aromatic carbocycles. The molecule has 5 nitrogen and oxygen atoms in total. The smallest absolute Gasteiger partial charge is 0.744 e. The molecule has 0 bridgehead atoms. The van der Waals surface area contributed by atoms with Crippen molar-refractivity contribution in [3.63, 3.8) is 0 Å². The van der Waals surface area contributed by atoms with Crippen molar-refractivity contribution in [3.8, 4) is 5.75 Å². The number of aromatic hydroxyl groups is 1. The van der Waals surface area contributed by atoms with E-state index in [0.717, 1.165) is 12.1 Å². The second-order valence-electron chi connectivity index (χ2n) is 2.94. The maximum absolute atomic E-state index is 10.9. The minimum Gasteiger partial charge on any atom is -0.744 e. The summed E-state index contributed by atoms with van der Waals surface area (Å²) >= 11 is 0. The van der Waals surface area contributed by atoms with E-state index in [2.05, 4.69) is 4.98 Å². The molecule has 1 N–H and O–H groups in total. The first kappa shape index (κ1) is 14.0. The normalized spacial score (nSPS) is 11.1. The van der Waals surface area contributed by atoms with E-state index in [1.165, 1.54) is 12.3 Å². The Hall–Kier alpha value is -0.0236. The Morgan fingerprint density at radius 1 is 1.25 bits per heavy atom. The summed E-state index contributed by atoms with van der Waals surface area (Å²) in [5, 5.41) is 9.67. The summed E-state index contributed by atoms with van der Waals surface area (Å²) in [6.45, 7) is 0. The fourth-order valence-corrected chi connectivity index (χ4v) is 1.97. The number of pyridine rings is 1. The van der Waals surface area contributed by atoms with Gasteiger partial charge in [-0.3, -0.25) is 4.98 Å². The zero-order valence-electron chi connectivity index (χ0n) is 8.41. The van der Waals surface area contributed by atoms with E-state index >= 15 is 0 Å². The Morgan fingerprint density at radius 3 is 2.56 bits per heavy atom. The van der Waals surface area contributed by atoms with Gasteiger partial charge in [-0.05, 0) is 24.3 Å². The van der Waals surface area contributed by atoms with Crippen LogP contribution < -0.4 is 51.4 Å². The quantitative estimate of drug-likeness (QED) is 0.468. The van der Waals surface area contributed by atoms with Gasteiger partial charge < -0.3 is 9.66 Å². The fraction of sp³-hybridized carbons (Fsp3) is 0. The molecule has 0 saturated carbocycles. The van der Waals surface area contributed by atoms with E-state index in [9.17, 15) is 18.1 Å². The summed E-state index contributed by atoms with van der Waals surface area (Å²) in [4.78, 5) is 3.35. The van der Waals surface area contributed by atoms with Crippen LogP contribution in [0.5, 0.6) is 5.75 Å². The summed E-state index contributed by atoms with van der Waals surface area (Å²) < 4.78 is 32.6. The molecule has 2 rings (SSSR count). The van der Waals surface area contributed by atoms with Crippen LogP contribution in [0.25, 0.3) is 10.9 Å². The number of phenolic OH excluding ortho intramolecular Hbond substituents is 1. The Bertz CT molecular complexity index is 626. The third-order valence-corrected chi connectivity index (χ3v) is 2.85. The van der Waals surface area contributed by atoms with Gasteiger partial charge in [0.2, 0.25) is 0 Å². The molecule has 0 spiro atoms. The van der Waals surface area contributed by atoms with Gasteiger partial charge >= 0.3 is 51.4 Å². The number of hydrogen-bond acceptors (Lipinski definition) is 5. The van der Waals surface area contributed by atoms with Gasteiger partial charge in [0.25, 0.3) is 0 Å². The van der Waals surface area contributed by atoms with Crippen molar-refractivity contribution in [2.45, 2.75) is 4.90 Å². The van der Waals surface area contributed by atoms with Crippen molar-refractivity contribution in [2.24, 2.45) is 0 Å². The van der Waals surface area contributed by atoms with Gasteiger partial charge in [0, 0.05) is 11.6 Å². The Kier molecular flexibility index (Phi) is 4.47. The van der Waals surface area contributed by atoms with Crippen LogP contribution in [0.1, 0.15) is 0 Å². The van der Waals surface area contributed by atoms with Gasteiger partial charge in [-0.1, -0.05) is 0 Å². The predicted octanol–water partition coefficient (Wildman–Crippen LogP) is -2.15. The van der Waals surface area contributed by atoms with Crippen LogP contribution >= 0.6 is 0 Å². The number of nitrogens with zero attached hydrogens (tertiary/aromatic N) is 1. The van der Waals surface area contributed by atoms with Crippen LogP contribution in [0.3, 0.4) is 0 Å². The van der Waals surface area contributed by atoms with Crippen molar-refractivity contribution in [3.05, 3.63) is 30.5 Å². The Balaban J connectivity index is 0.00000128. The van der Waals surface area contributed by atoms with Crippen molar-refractivity contribution < 1.29 is 69.5 Å². The molecule has 0 saturated heterocycles. The van der Waals surface area contributed by atoms with Gasteiger partial charge in [0.1, 0.15) is 15.9 Å². The van der Waals surface area contributed by atoms with E-state index < -0.39 is 15.0 Å². The molecular formula is C9H6KNO4S. The molecule has 0 unspecified atom stereocenters. The average molecular weight is 263 g/mol. The van der Waals surface area contributed by atoms with Gasteiger partial charge in [0.05, 0.1) is 10.4 Å². The van der Waals surface area contributed by atoms with E-state index in [1.54, 1.807) is 6.07 Å². The Morgan fingerprint density at radius 2 is 1.94 bits per heavy atom. The number of fused-ring (bicyclic) bond motifs is 1. The maximum Gasteiger partial charge on any atom is 1.00 e. The molecule has 16 heavy (non-hydrogen) atoms. The van der Waals surface area contributed by atoms with Gasteiger partial charge in [0.15, 0.2) is 0 Å². The van der Waals surface area contributed by atoms with E-state index in [-0.39, 0.29) is 68.0 Å². The molecule has 0 fully saturated rings. The fourth-order valence-electron chi connectivity index (χ4n) is 1.33. The van der Waals surface area contributed by atoms with Crippen molar-refractivity contribution in [2.75, 3.05) is 0 Å². The zero-order chi connectivity index (χ0) is 11.1. The van der Waals surface area contributed by atoms with Crippen LogP contribution in [-0.2, 0) is 10.1 Å². The van der Waals surface area contributed by atoms with Crippen LogP contribution in [0.4, 0.5) is 0 Å². The van der Waals surface area contributed by atoms with Crippen molar-refractivity contribution in [1.29, 1.82) is 0 Å². The SMILES string of the molecule is O=S(=O)([O-])c1ccc(O)c2cccnc12.[K+]. The first-order valence-corrected chi connectivity index (χ1v) is 5.43. The predicted molar refractivity (Wildman–Crippen MR) is 51.4 cm³/mol. The molecular weight excluding hydrogens is 257 g/mol. The van der Waals surface area contributed by atoms with Crippen molar-refractivity contribution in [1.82, 2.24) is 4.98 Å². The summed E-state index contributed by atoms with van der Waals surface area (Å²) in [5.74, 6) is -0.106. The molecule has 0 aliphatic carbocycles. The summed E-state index contributed by atoms with van der Waals surface area (Å²) in [6.07, 6.45) is 1.36. The summed E-state index contributed by atoms with van der Waals surface area (Å²) in [5.41, 5.74) is -0.00694. The van der Waals surface area contributed by atoms with E-state index in [0.29, 0.717) is 0 Å². The summed E-state index contributed by atoms with van der Waals surface area (Å²) in [7, 11) is -4.57. The van der Waals surface area contributed by atoms with Crippen LogP contribution in [0, 0.1) is 0 Å². The van der Waals surface area contributed by atoms with Gasteiger partial charge in [-0.2, -0.15) is 0 Å². The number of aromatic nitrogens is 1. The molecule has 0 amide bonds. The van der Waals surface area contributed by atoms with E-state index in [4.69, 9.17) is 0 Å². The number of benzene rings is 1. The Labute approximate surface area is 135 Å². The molecule has 0 aliphatic rings. The number of phenols is 1. The molecule has 0 aliphatic heterocycles. The van der Waals surface area contributed by atoms with Crippen LogP contribution in [-0.4, -0.2) is 23.1 Å². The zero-order valence-corrected chi connectivity index (χ0v) is 12.4. The minimum absolute atomic E-state index is 0. The average Bonchev–Trinajstić information content (AvgIpc) is 2.17. The number of hydrogen-bond donors (Lipinski definition) is 1. The number of rotatable bonds is 1. The molecule has 2 aromatic rings. The molecule has 0 radical (unpaired) electrons. The van der Waals surface area contributed by atoms with E-state index in [1.807, 2.05) is 0 Å².